The van der Waals surface area contributed by atoms with Crippen LogP contribution in [0.2, 0.25) is 4.34 Å². The van der Waals surface area contributed by atoms with Crippen LogP contribution in [0.1, 0.15) is 25.3 Å². The number of aliphatic hydroxyl groups is 1. The fourth-order valence-electron chi connectivity index (χ4n) is 1.20. The van der Waals surface area contributed by atoms with Crippen LogP contribution >= 0.6 is 22.9 Å². The van der Waals surface area contributed by atoms with E-state index in [0.29, 0.717) is 17.2 Å². The van der Waals surface area contributed by atoms with Gasteiger partial charge in [-0.25, -0.2) is 13.1 Å². The molecule has 1 unspecified atom stereocenters. The fraction of sp³-hybridized carbons (Fsp3) is 0.600. The van der Waals surface area contributed by atoms with Crippen LogP contribution in [0, 0.1) is 6.92 Å². The molecule has 1 atom stereocenters. The molecule has 0 bridgehead atoms. The van der Waals surface area contributed by atoms with E-state index in [1.165, 1.54) is 0 Å². The maximum absolute atomic E-state index is 11.8. The summed E-state index contributed by atoms with van der Waals surface area (Å²) in [6, 6.07) is 1.55. The first kappa shape index (κ1) is 14.9. The number of halogens is 1. The lowest BCUT2D eigenvalue weighted by atomic mass is 10.2. The standard InChI is InChI=1S/C10H16ClNO3S2/c1-3-8(13)4-5-12-17(14,15)9-6-7(2)10(11)16-9/h6,8,12-13H,3-5H2,1-2H3. The molecule has 1 rings (SSSR count). The van der Waals surface area contributed by atoms with E-state index in [4.69, 9.17) is 11.6 Å². The molecule has 0 radical (unpaired) electrons. The van der Waals surface area contributed by atoms with Gasteiger partial charge in [0.2, 0.25) is 10.0 Å². The lowest BCUT2D eigenvalue weighted by Gasteiger charge is -2.08. The number of aryl methyl sites for hydroxylation is 1. The van der Waals surface area contributed by atoms with Gasteiger partial charge in [0, 0.05) is 6.54 Å². The van der Waals surface area contributed by atoms with E-state index in [0.717, 1.165) is 16.9 Å². The highest BCUT2D eigenvalue weighted by molar-refractivity contribution is 7.91. The molecule has 7 heteroatoms. The van der Waals surface area contributed by atoms with Crippen molar-refractivity contribution < 1.29 is 13.5 Å². The second-order valence-corrected chi connectivity index (χ2v) is 7.42. The maximum atomic E-state index is 11.8. The average Bonchev–Trinajstić information content (AvgIpc) is 2.59. The van der Waals surface area contributed by atoms with E-state index in [1.54, 1.807) is 13.0 Å². The summed E-state index contributed by atoms with van der Waals surface area (Å²) in [6.07, 6.45) is 0.561. The highest BCUT2D eigenvalue weighted by atomic mass is 35.5. The van der Waals surface area contributed by atoms with Crippen molar-refractivity contribution in [2.45, 2.75) is 37.0 Å². The predicted octanol–water partition coefficient (Wildman–Crippen LogP) is 2.15. The average molecular weight is 298 g/mol. The first-order valence-corrected chi connectivity index (χ1v) is 7.98. The zero-order valence-corrected chi connectivity index (χ0v) is 12.1. The van der Waals surface area contributed by atoms with Crippen molar-refractivity contribution in [3.05, 3.63) is 16.0 Å². The second-order valence-electron chi connectivity index (χ2n) is 3.77. The molecule has 0 saturated heterocycles. The van der Waals surface area contributed by atoms with E-state index in [-0.39, 0.29) is 10.8 Å². The summed E-state index contributed by atoms with van der Waals surface area (Å²) in [6.45, 7) is 3.84. The molecule has 0 aliphatic heterocycles. The number of hydrogen-bond acceptors (Lipinski definition) is 4. The molecule has 0 aromatic carbocycles. The number of aliphatic hydroxyl groups excluding tert-OH is 1. The summed E-state index contributed by atoms with van der Waals surface area (Å²) < 4.78 is 26.8. The van der Waals surface area contributed by atoms with Gasteiger partial charge in [0.1, 0.15) is 4.21 Å². The lowest BCUT2D eigenvalue weighted by molar-refractivity contribution is 0.162. The van der Waals surface area contributed by atoms with Crippen molar-refractivity contribution in [2.75, 3.05) is 6.54 Å². The van der Waals surface area contributed by atoms with Gasteiger partial charge in [0.25, 0.3) is 0 Å². The smallest absolute Gasteiger partial charge is 0.250 e. The van der Waals surface area contributed by atoms with Crippen LogP contribution in [0.3, 0.4) is 0 Å². The molecular formula is C10H16ClNO3S2. The van der Waals surface area contributed by atoms with Crippen LogP contribution in [0.25, 0.3) is 0 Å². The van der Waals surface area contributed by atoms with Crippen molar-refractivity contribution in [3.63, 3.8) is 0 Å². The van der Waals surface area contributed by atoms with Crippen LogP contribution in [-0.4, -0.2) is 26.2 Å². The van der Waals surface area contributed by atoms with Crippen LogP contribution in [-0.2, 0) is 10.0 Å². The first-order valence-electron chi connectivity index (χ1n) is 5.30. The van der Waals surface area contributed by atoms with Crippen molar-refractivity contribution in [3.8, 4) is 0 Å². The SMILES string of the molecule is CCC(O)CCNS(=O)(=O)c1cc(C)c(Cl)s1. The minimum atomic E-state index is -3.49. The number of rotatable bonds is 6. The van der Waals surface area contributed by atoms with Crippen molar-refractivity contribution in [1.29, 1.82) is 0 Å². The summed E-state index contributed by atoms with van der Waals surface area (Å²) in [5, 5.41) is 9.32. The minimum absolute atomic E-state index is 0.214. The van der Waals surface area contributed by atoms with Crippen LogP contribution in [0.4, 0.5) is 0 Å². The third kappa shape index (κ3) is 4.22. The van der Waals surface area contributed by atoms with Gasteiger partial charge in [-0.15, -0.1) is 11.3 Å². The molecule has 2 N–H and O–H groups in total. The van der Waals surface area contributed by atoms with Gasteiger partial charge in [-0.05, 0) is 31.4 Å². The molecule has 0 saturated carbocycles. The van der Waals surface area contributed by atoms with E-state index in [2.05, 4.69) is 4.72 Å². The largest absolute Gasteiger partial charge is 0.393 e. The Morgan fingerprint density at radius 2 is 2.24 bits per heavy atom. The van der Waals surface area contributed by atoms with Crippen LogP contribution in [0.5, 0.6) is 0 Å². The van der Waals surface area contributed by atoms with E-state index in [9.17, 15) is 13.5 Å². The number of sulfonamides is 1. The van der Waals surface area contributed by atoms with Gasteiger partial charge >= 0.3 is 0 Å². The number of nitrogens with one attached hydrogen (secondary N) is 1. The molecule has 0 fully saturated rings. The van der Waals surface area contributed by atoms with Gasteiger partial charge in [-0.3, -0.25) is 0 Å². The molecule has 1 aromatic heterocycles. The van der Waals surface area contributed by atoms with Gasteiger partial charge in [-0.1, -0.05) is 18.5 Å². The Morgan fingerprint density at radius 3 is 2.71 bits per heavy atom. The van der Waals surface area contributed by atoms with E-state index >= 15 is 0 Å². The zero-order chi connectivity index (χ0) is 13.1. The topological polar surface area (TPSA) is 66.4 Å². The van der Waals surface area contributed by atoms with Crippen LogP contribution in [0.15, 0.2) is 10.3 Å². The Balaban J connectivity index is 2.63. The Hall–Kier alpha value is -0.140. The molecule has 17 heavy (non-hydrogen) atoms. The predicted molar refractivity (Wildman–Crippen MR) is 70.2 cm³/mol. The molecule has 1 heterocycles. The van der Waals surface area contributed by atoms with Gasteiger partial charge in [0.05, 0.1) is 10.4 Å². The summed E-state index contributed by atoms with van der Waals surface area (Å²) in [4.78, 5) is 0. The summed E-state index contributed by atoms with van der Waals surface area (Å²) in [5.74, 6) is 0. The quantitative estimate of drug-likeness (QED) is 0.845. The Morgan fingerprint density at radius 1 is 1.59 bits per heavy atom. The van der Waals surface area contributed by atoms with Gasteiger partial charge < -0.3 is 5.11 Å². The van der Waals surface area contributed by atoms with Crippen molar-refractivity contribution >= 4 is 33.0 Å². The summed E-state index contributed by atoms with van der Waals surface area (Å²) in [5.41, 5.74) is 0.755. The normalized spacial score (nSPS) is 13.9. The number of hydrogen-bond donors (Lipinski definition) is 2. The Labute approximate surface area is 111 Å². The van der Waals surface area contributed by atoms with Crippen molar-refractivity contribution in [1.82, 2.24) is 4.72 Å². The third-order valence-corrected chi connectivity index (χ3v) is 5.83. The minimum Gasteiger partial charge on any atom is -0.393 e. The Bertz CT molecular complexity index is 450. The Kier molecular flexibility index (Phi) is 5.40. The third-order valence-electron chi connectivity index (χ3n) is 2.34. The van der Waals surface area contributed by atoms with E-state index < -0.39 is 16.1 Å². The number of thiophene rings is 1. The molecule has 0 amide bonds. The molecule has 98 valence electrons. The fourth-order valence-corrected chi connectivity index (χ4v) is 4.00. The first-order chi connectivity index (χ1) is 7.86. The zero-order valence-electron chi connectivity index (χ0n) is 9.73. The van der Waals surface area contributed by atoms with Gasteiger partial charge in [0.15, 0.2) is 0 Å². The molecule has 4 nitrogen and oxygen atoms in total. The van der Waals surface area contributed by atoms with E-state index in [1.807, 2.05) is 6.92 Å². The van der Waals surface area contributed by atoms with Crippen LogP contribution < -0.4 is 4.72 Å². The molecular weight excluding hydrogens is 282 g/mol. The molecule has 1 aromatic rings. The molecule has 0 aliphatic carbocycles. The highest BCUT2D eigenvalue weighted by Gasteiger charge is 2.18. The summed E-state index contributed by atoms with van der Waals surface area (Å²) in [7, 11) is -3.49. The monoisotopic (exact) mass is 297 g/mol. The maximum Gasteiger partial charge on any atom is 0.250 e. The lowest BCUT2D eigenvalue weighted by Crippen LogP contribution is -2.26. The highest BCUT2D eigenvalue weighted by Crippen LogP contribution is 2.29. The molecule has 0 aliphatic rings. The van der Waals surface area contributed by atoms with Crippen molar-refractivity contribution in [2.24, 2.45) is 0 Å². The summed E-state index contributed by atoms with van der Waals surface area (Å²) >= 11 is 6.87. The van der Waals surface area contributed by atoms with Gasteiger partial charge in [-0.2, -0.15) is 0 Å². The second kappa shape index (κ2) is 6.15. The molecule has 0 spiro atoms.